The van der Waals surface area contributed by atoms with Gasteiger partial charge in [-0.3, -0.25) is 14.3 Å². The number of allylic oxidation sites excluding steroid dienone is 1. The minimum Gasteiger partial charge on any atom is -0.466 e. The summed E-state index contributed by atoms with van der Waals surface area (Å²) in [5, 5.41) is 8.41. The van der Waals surface area contributed by atoms with Crippen LogP contribution in [0.15, 0.2) is 36.4 Å². The van der Waals surface area contributed by atoms with E-state index >= 15 is 0 Å². The minimum absolute atomic E-state index is 0.0892. The van der Waals surface area contributed by atoms with Gasteiger partial charge in [-0.15, -0.1) is 0 Å². The molecule has 4 aliphatic rings. The van der Waals surface area contributed by atoms with Crippen LogP contribution in [0.25, 0.3) is 0 Å². The van der Waals surface area contributed by atoms with Gasteiger partial charge in [0.05, 0.1) is 24.6 Å². The van der Waals surface area contributed by atoms with E-state index in [1.165, 1.54) is 37.1 Å². The van der Waals surface area contributed by atoms with Crippen molar-refractivity contribution in [2.45, 2.75) is 102 Å². The van der Waals surface area contributed by atoms with Crippen LogP contribution < -0.4 is 5.32 Å². The highest BCUT2D eigenvalue weighted by molar-refractivity contribution is 5.95. The van der Waals surface area contributed by atoms with Gasteiger partial charge in [0, 0.05) is 22.6 Å². The summed E-state index contributed by atoms with van der Waals surface area (Å²) in [5.74, 6) is -0.669. The van der Waals surface area contributed by atoms with E-state index in [4.69, 9.17) is 9.84 Å². The van der Waals surface area contributed by atoms with Crippen molar-refractivity contribution in [1.29, 1.82) is 0 Å². The molecule has 6 rings (SSSR count). The monoisotopic (exact) mass is 547 g/mol. The van der Waals surface area contributed by atoms with Gasteiger partial charge in [-0.1, -0.05) is 56.9 Å². The summed E-state index contributed by atoms with van der Waals surface area (Å²) in [6, 6.07) is 6.82. The largest absolute Gasteiger partial charge is 0.466 e. The van der Waals surface area contributed by atoms with Crippen molar-refractivity contribution in [3.8, 4) is 0 Å². The third kappa shape index (κ3) is 5.01. The molecule has 3 unspecified atom stereocenters. The molecule has 2 bridgehead atoms. The summed E-state index contributed by atoms with van der Waals surface area (Å²) in [4.78, 5) is 27.1. The van der Waals surface area contributed by atoms with E-state index in [1.807, 2.05) is 19.1 Å². The number of hydrogen-bond acceptors (Lipinski definition) is 4. The topological polar surface area (TPSA) is 73.2 Å². The lowest BCUT2D eigenvalue weighted by Gasteiger charge is -2.33. The van der Waals surface area contributed by atoms with Gasteiger partial charge in [0.2, 0.25) is 0 Å². The first kappa shape index (κ1) is 27.2. The molecule has 0 spiro atoms. The van der Waals surface area contributed by atoms with Crippen molar-refractivity contribution in [2.24, 2.45) is 17.3 Å². The first-order valence-electron chi connectivity index (χ1n) is 15.4. The number of halogens is 1. The second kappa shape index (κ2) is 11.1. The number of hydrogen-bond donors (Lipinski definition) is 1. The van der Waals surface area contributed by atoms with Crippen LogP contribution in [0, 0.1) is 23.1 Å². The van der Waals surface area contributed by atoms with Crippen LogP contribution in [-0.4, -0.2) is 34.3 Å². The summed E-state index contributed by atoms with van der Waals surface area (Å²) in [6.07, 6.45) is 15.7. The quantitative estimate of drug-likeness (QED) is 0.246. The highest BCUT2D eigenvalue weighted by Gasteiger charge is 2.56. The zero-order chi connectivity index (χ0) is 27.9. The van der Waals surface area contributed by atoms with Crippen LogP contribution in [0.4, 0.5) is 4.39 Å². The molecule has 1 amide bonds. The smallest absolute Gasteiger partial charge is 0.311 e. The molecule has 0 aliphatic heterocycles. The normalized spacial score (nSPS) is 29.7. The fraction of sp³-hybridized carbons (Fsp3) is 0.606. The summed E-state index contributed by atoms with van der Waals surface area (Å²) in [5.41, 5.74) is 3.65. The maximum Gasteiger partial charge on any atom is 0.311 e. The molecule has 2 fully saturated rings. The van der Waals surface area contributed by atoms with Crippen molar-refractivity contribution in [1.82, 2.24) is 15.1 Å². The lowest BCUT2D eigenvalue weighted by atomic mass is 9.80. The number of nitrogens with zero attached hydrogens (tertiary/aromatic N) is 2. The third-order valence-corrected chi connectivity index (χ3v) is 9.97. The number of esters is 1. The Bertz CT molecular complexity index is 1280. The molecule has 214 valence electrons. The molecule has 5 atom stereocenters. The van der Waals surface area contributed by atoms with Crippen LogP contribution in [0.5, 0.6) is 0 Å². The number of ether oxygens (including phenoxy) is 1. The molecule has 0 saturated heterocycles. The predicted octanol–water partition coefficient (Wildman–Crippen LogP) is 6.45. The molecule has 7 heteroatoms. The van der Waals surface area contributed by atoms with Crippen LogP contribution in [0.3, 0.4) is 0 Å². The van der Waals surface area contributed by atoms with E-state index in [0.717, 1.165) is 62.5 Å². The Kier molecular flexibility index (Phi) is 7.58. The predicted molar refractivity (Wildman–Crippen MR) is 151 cm³/mol. The summed E-state index contributed by atoms with van der Waals surface area (Å²) in [7, 11) is 0. The number of fused-ring (bicyclic) bond motifs is 3. The Morgan fingerprint density at radius 1 is 1.10 bits per heavy atom. The first-order valence-corrected chi connectivity index (χ1v) is 15.4. The molecule has 1 aromatic carbocycles. The lowest BCUT2D eigenvalue weighted by molar-refractivity contribution is -0.149. The maximum atomic E-state index is 14.1. The number of benzene rings is 1. The van der Waals surface area contributed by atoms with E-state index in [2.05, 4.69) is 29.1 Å². The highest BCUT2D eigenvalue weighted by Crippen LogP contribution is 2.53. The van der Waals surface area contributed by atoms with Crippen LogP contribution >= 0.6 is 0 Å². The fourth-order valence-electron chi connectivity index (χ4n) is 8.02. The molecule has 4 aliphatic carbocycles. The maximum absolute atomic E-state index is 14.1. The molecule has 1 N–H and O–H groups in total. The summed E-state index contributed by atoms with van der Waals surface area (Å²) in [6.45, 7) is 4.29. The second-order valence-electron chi connectivity index (χ2n) is 12.7. The molecule has 6 nitrogen and oxygen atoms in total. The molecule has 1 heterocycles. The van der Waals surface area contributed by atoms with Gasteiger partial charge in [0.25, 0.3) is 5.91 Å². The van der Waals surface area contributed by atoms with E-state index in [1.54, 1.807) is 0 Å². The van der Waals surface area contributed by atoms with E-state index in [-0.39, 0.29) is 46.9 Å². The zero-order valence-electron chi connectivity index (χ0n) is 23.8. The Morgan fingerprint density at radius 3 is 2.60 bits per heavy atom. The van der Waals surface area contributed by atoms with Crippen molar-refractivity contribution < 1.29 is 18.7 Å². The third-order valence-electron chi connectivity index (χ3n) is 9.97. The van der Waals surface area contributed by atoms with Crippen LogP contribution in [-0.2, 0) is 22.4 Å². The lowest BCUT2D eigenvalue weighted by Crippen LogP contribution is -2.50. The molecule has 40 heavy (non-hydrogen) atoms. The minimum atomic E-state index is -0.371. The van der Waals surface area contributed by atoms with E-state index in [0.29, 0.717) is 18.3 Å². The van der Waals surface area contributed by atoms with E-state index in [9.17, 15) is 14.0 Å². The average Bonchev–Trinajstić information content (AvgIpc) is 3.56. The molecule has 2 saturated carbocycles. The number of carbonyl (C=O) groups excluding carboxylic acids is 2. The zero-order valence-corrected chi connectivity index (χ0v) is 23.8. The molecule has 2 aromatic rings. The number of nitrogens with one attached hydrogen (secondary N) is 1. The van der Waals surface area contributed by atoms with Gasteiger partial charge in [-0.25, -0.2) is 4.39 Å². The van der Waals surface area contributed by atoms with Crippen molar-refractivity contribution in [3.63, 3.8) is 0 Å². The molecule has 1 aromatic heterocycles. The van der Waals surface area contributed by atoms with Crippen molar-refractivity contribution >= 4 is 11.9 Å². The summed E-state index contributed by atoms with van der Waals surface area (Å²) < 4.78 is 21.3. The number of carbonyl (C=O) groups is 2. The number of aromatic nitrogens is 2. The Morgan fingerprint density at radius 2 is 1.85 bits per heavy atom. The van der Waals surface area contributed by atoms with Crippen molar-refractivity contribution in [2.75, 3.05) is 6.61 Å². The van der Waals surface area contributed by atoms with Gasteiger partial charge in [0.1, 0.15) is 5.82 Å². The van der Waals surface area contributed by atoms with Gasteiger partial charge >= 0.3 is 5.97 Å². The molecule has 0 radical (unpaired) electrons. The number of amides is 1. The number of rotatable bonds is 7. The standard InChI is InChI=1S/C33H42FN3O3/c1-3-40-32(39)27-23-17-18-33(2,20-23)30(27)35-31(38)28-26-12-8-7-9-22(19-21-13-15-24(34)16-14-21)29(26)37(36-28)25-10-5-4-6-11-25/h13-18,22-23,25,27,30H,3-12,19-20H2,1-2H3,(H,35,38)/t22?,23?,27-,30-,33?/m0/s1. The first-order chi connectivity index (χ1) is 19.4. The van der Waals surface area contributed by atoms with Crippen LogP contribution in [0.1, 0.15) is 111 Å². The Labute approximate surface area is 236 Å². The summed E-state index contributed by atoms with van der Waals surface area (Å²) >= 11 is 0. The van der Waals surface area contributed by atoms with Gasteiger partial charge in [-0.05, 0) is 75.5 Å². The highest BCUT2D eigenvalue weighted by atomic mass is 19.1. The van der Waals surface area contributed by atoms with E-state index < -0.39 is 0 Å². The average molecular weight is 548 g/mol. The van der Waals surface area contributed by atoms with Crippen molar-refractivity contribution in [3.05, 3.63) is 64.7 Å². The van der Waals surface area contributed by atoms with Gasteiger partial charge < -0.3 is 10.1 Å². The van der Waals surface area contributed by atoms with Crippen LogP contribution in [0.2, 0.25) is 0 Å². The molecular weight excluding hydrogens is 505 g/mol. The fourth-order valence-corrected chi connectivity index (χ4v) is 8.02. The SMILES string of the molecule is CCOC(=O)[C@H]1C2C=CC(C)(C2)[C@H]1NC(=O)c1nn(C2CCCCC2)c2c1CCCCC2Cc1ccc(F)cc1. The van der Waals surface area contributed by atoms with Gasteiger partial charge in [0.15, 0.2) is 5.69 Å². The Balaban J connectivity index is 1.35. The Hall–Kier alpha value is -2.96. The second-order valence-corrected chi connectivity index (χ2v) is 12.7. The van der Waals surface area contributed by atoms with Gasteiger partial charge in [-0.2, -0.15) is 5.10 Å². The molecular formula is C33H42FN3O3.